The summed E-state index contributed by atoms with van der Waals surface area (Å²) in [6.45, 7) is 4.27. The van der Waals surface area contributed by atoms with E-state index in [1.807, 2.05) is 30.3 Å². The first-order valence-electron chi connectivity index (χ1n) is 6.22. The molecular weight excluding hydrogens is 307 g/mol. The molecule has 100 valence electrons. The van der Waals surface area contributed by atoms with Crippen molar-refractivity contribution in [3.63, 3.8) is 0 Å². The Bertz CT molecular complexity index is 549. The lowest BCUT2D eigenvalue weighted by Gasteiger charge is -2.09. The van der Waals surface area contributed by atoms with Crippen LogP contribution in [0.1, 0.15) is 30.9 Å². The maximum Gasteiger partial charge on any atom is 0.166 e. The highest BCUT2D eigenvalue weighted by Gasteiger charge is 2.06. The highest BCUT2D eigenvalue weighted by atomic mass is 79.9. The first kappa shape index (κ1) is 14.1. The van der Waals surface area contributed by atoms with Crippen LogP contribution in [-0.4, -0.2) is 0 Å². The third kappa shape index (κ3) is 3.57. The number of ether oxygens (including phenoxy) is 1. The predicted molar refractivity (Wildman–Crippen MR) is 79.6 cm³/mol. The summed E-state index contributed by atoms with van der Waals surface area (Å²) in [6, 6.07) is 12.7. The number of benzene rings is 2. The average Bonchev–Trinajstić information content (AvgIpc) is 2.41. The van der Waals surface area contributed by atoms with Crippen molar-refractivity contribution < 1.29 is 9.13 Å². The maximum atomic E-state index is 13.8. The summed E-state index contributed by atoms with van der Waals surface area (Å²) >= 11 is 3.30. The van der Waals surface area contributed by atoms with Crippen LogP contribution < -0.4 is 4.74 Å². The van der Waals surface area contributed by atoms with E-state index in [1.165, 1.54) is 11.6 Å². The molecule has 0 aliphatic rings. The van der Waals surface area contributed by atoms with Crippen LogP contribution in [0.15, 0.2) is 42.5 Å². The number of halogens is 2. The molecule has 2 rings (SSSR count). The van der Waals surface area contributed by atoms with Crippen molar-refractivity contribution in [3.05, 3.63) is 59.4 Å². The third-order valence-electron chi connectivity index (χ3n) is 2.93. The van der Waals surface area contributed by atoms with Crippen LogP contribution in [0, 0.1) is 5.82 Å². The molecule has 3 heteroatoms. The van der Waals surface area contributed by atoms with Gasteiger partial charge in [-0.25, -0.2) is 4.39 Å². The molecule has 0 radical (unpaired) electrons. The molecular formula is C16H16BrFO. The lowest BCUT2D eigenvalue weighted by atomic mass is 10.0. The largest absolute Gasteiger partial charge is 0.454 e. The third-order valence-corrected chi connectivity index (χ3v) is 3.57. The predicted octanol–water partition coefficient (Wildman–Crippen LogP) is 5.64. The summed E-state index contributed by atoms with van der Waals surface area (Å²) in [5.74, 6) is 1.03. The van der Waals surface area contributed by atoms with E-state index >= 15 is 0 Å². The van der Waals surface area contributed by atoms with Crippen LogP contribution in [0.2, 0.25) is 0 Å². The maximum absolute atomic E-state index is 13.8. The van der Waals surface area contributed by atoms with E-state index in [4.69, 9.17) is 4.74 Å². The Hall–Kier alpha value is -1.35. The Morgan fingerprint density at radius 2 is 1.79 bits per heavy atom. The SMILES string of the molecule is CC(C)c1ccc(Oc2ccc(CBr)cc2F)cc1. The van der Waals surface area contributed by atoms with E-state index in [2.05, 4.69) is 29.8 Å². The second-order valence-electron chi connectivity index (χ2n) is 4.72. The molecule has 1 nitrogen and oxygen atoms in total. The van der Waals surface area contributed by atoms with Gasteiger partial charge < -0.3 is 4.74 Å². The smallest absolute Gasteiger partial charge is 0.166 e. The van der Waals surface area contributed by atoms with E-state index in [0.717, 1.165) is 5.56 Å². The minimum atomic E-state index is -0.343. The van der Waals surface area contributed by atoms with Gasteiger partial charge in [0.15, 0.2) is 11.6 Å². The summed E-state index contributed by atoms with van der Waals surface area (Å²) in [6.07, 6.45) is 0. The molecule has 0 aliphatic heterocycles. The number of hydrogen-bond donors (Lipinski definition) is 0. The van der Waals surface area contributed by atoms with Gasteiger partial charge in [0.2, 0.25) is 0 Å². The molecule has 2 aromatic rings. The highest BCUT2D eigenvalue weighted by molar-refractivity contribution is 9.08. The lowest BCUT2D eigenvalue weighted by Crippen LogP contribution is -1.91. The van der Waals surface area contributed by atoms with Crippen molar-refractivity contribution in [1.82, 2.24) is 0 Å². The van der Waals surface area contributed by atoms with Gasteiger partial charge in [0, 0.05) is 5.33 Å². The number of hydrogen-bond acceptors (Lipinski definition) is 1. The van der Waals surface area contributed by atoms with Gasteiger partial charge >= 0.3 is 0 Å². The Morgan fingerprint density at radius 1 is 1.11 bits per heavy atom. The summed E-state index contributed by atoms with van der Waals surface area (Å²) in [5.41, 5.74) is 2.13. The molecule has 0 bridgehead atoms. The fraction of sp³-hybridized carbons (Fsp3) is 0.250. The van der Waals surface area contributed by atoms with Gasteiger partial charge in [-0.15, -0.1) is 0 Å². The zero-order chi connectivity index (χ0) is 13.8. The minimum absolute atomic E-state index is 0.252. The molecule has 19 heavy (non-hydrogen) atoms. The monoisotopic (exact) mass is 322 g/mol. The van der Waals surface area contributed by atoms with Crippen LogP contribution in [0.25, 0.3) is 0 Å². The van der Waals surface area contributed by atoms with E-state index in [9.17, 15) is 4.39 Å². The molecule has 0 saturated heterocycles. The Kier molecular flexibility index (Phi) is 4.59. The molecule has 0 saturated carbocycles. The standard InChI is InChI=1S/C16H16BrFO/c1-11(2)13-4-6-14(7-5-13)19-16-8-3-12(10-17)9-15(16)18/h3-9,11H,10H2,1-2H3. The Balaban J connectivity index is 2.16. The van der Waals surface area contributed by atoms with Gasteiger partial charge in [0.1, 0.15) is 5.75 Å². The second-order valence-corrected chi connectivity index (χ2v) is 5.28. The van der Waals surface area contributed by atoms with Crippen molar-refractivity contribution in [2.45, 2.75) is 25.1 Å². The van der Waals surface area contributed by atoms with E-state index in [0.29, 0.717) is 17.0 Å². The van der Waals surface area contributed by atoms with Crippen molar-refractivity contribution in [1.29, 1.82) is 0 Å². The normalized spacial score (nSPS) is 10.8. The Morgan fingerprint density at radius 3 is 2.32 bits per heavy atom. The van der Waals surface area contributed by atoms with Gasteiger partial charge in [-0.2, -0.15) is 0 Å². The van der Waals surface area contributed by atoms with Gasteiger partial charge in [0.25, 0.3) is 0 Å². The first-order chi connectivity index (χ1) is 9.10. The fourth-order valence-electron chi connectivity index (χ4n) is 1.76. The molecule has 0 atom stereocenters. The van der Waals surface area contributed by atoms with Gasteiger partial charge in [0.05, 0.1) is 0 Å². The summed E-state index contributed by atoms with van der Waals surface area (Å²) in [7, 11) is 0. The zero-order valence-corrected chi connectivity index (χ0v) is 12.6. The van der Waals surface area contributed by atoms with Gasteiger partial charge in [-0.05, 0) is 41.3 Å². The number of rotatable bonds is 4. The van der Waals surface area contributed by atoms with Crippen LogP contribution in [0.4, 0.5) is 4.39 Å². The quantitative estimate of drug-likeness (QED) is 0.662. The molecule has 0 aromatic heterocycles. The van der Waals surface area contributed by atoms with Crippen LogP contribution in [-0.2, 0) is 5.33 Å². The van der Waals surface area contributed by atoms with Crippen molar-refractivity contribution in [3.8, 4) is 11.5 Å². The van der Waals surface area contributed by atoms with E-state index in [1.54, 1.807) is 6.07 Å². The summed E-state index contributed by atoms with van der Waals surface area (Å²) < 4.78 is 19.3. The van der Waals surface area contributed by atoms with Crippen molar-refractivity contribution in [2.24, 2.45) is 0 Å². The average molecular weight is 323 g/mol. The van der Waals surface area contributed by atoms with Gasteiger partial charge in [-0.1, -0.05) is 48.0 Å². The lowest BCUT2D eigenvalue weighted by molar-refractivity contribution is 0.441. The summed E-state index contributed by atoms with van der Waals surface area (Å²) in [4.78, 5) is 0. The Labute approximate surface area is 121 Å². The van der Waals surface area contributed by atoms with Crippen LogP contribution >= 0.6 is 15.9 Å². The summed E-state index contributed by atoms with van der Waals surface area (Å²) in [5, 5.41) is 0.632. The second kappa shape index (κ2) is 6.20. The minimum Gasteiger partial charge on any atom is -0.454 e. The molecule has 2 aromatic carbocycles. The van der Waals surface area contributed by atoms with Crippen LogP contribution in [0.3, 0.4) is 0 Å². The van der Waals surface area contributed by atoms with E-state index in [-0.39, 0.29) is 11.6 Å². The topological polar surface area (TPSA) is 9.23 Å². The molecule has 0 fully saturated rings. The fourth-order valence-corrected chi connectivity index (χ4v) is 2.11. The molecule has 0 heterocycles. The highest BCUT2D eigenvalue weighted by Crippen LogP contribution is 2.27. The molecule has 0 spiro atoms. The molecule has 0 amide bonds. The van der Waals surface area contributed by atoms with Crippen molar-refractivity contribution >= 4 is 15.9 Å². The van der Waals surface area contributed by atoms with Gasteiger partial charge in [-0.3, -0.25) is 0 Å². The molecule has 0 N–H and O–H groups in total. The van der Waals surface area contributed by atoms with Crippen molar-refractivity contribution in [2.75, 3.05) is 0 Å². The van der Waals surface area contributed by atoms with Crippen LogP contribution in [0.5, 0.6) is 11.5 Å². The zero-order valence-electron chi connectivity index (χ0n) is 11.0. The molecule has 0 unspecified atom stereocenters. The first-order valence-corrected chi connectivity index (χ1v) is 7.34. The number of alkyl halides is 1. The molecule has 0 aliphatic carbocycles. The van der Waals surface area contributed by atoms with E-state index < -0.39 is 0 Å².